The van der Waals surface area contributed by atoms with Crippen LogP contribution in [-0.4, -0.2) is 30.7 Å². The fourth-order valence-corrected chi connectivity index (χ4v) is 2.57. The summed E-state index contributed by atoms with van der Waals surface area (Å²) in [6.45, 7) is 14.8. The molecule has 0 spiro atoms. The summed E-state index contributed by atoms with van der Waals surface area (Å²) in [4.78, 5) is 0. The third-order valence-electron chi connectivity index (χ3n) is 2.79. The maximum atomic E-state index is 2.31. The van der Waals surface area contributed by atoms with Crippen LogP contribution in [0, 0.1) is 0 Å². The number of nitrogens with zero attached hydrogens (tertiary/aromatic N) is 1. The molecule has 0 aliphatic rings. The molecule has 0 radical (unpaired) electrons. The third-order valence-corrected chi connectivity index (χ3v) is 2.79. The zero-order valence-corrected chi connectivity index (χ0v) is 16.2. The van der Waals surface area contributed by atoms with Crippen molar-refractivity contribution < 1.29 is 52.4 Å². The average molecular weight is 458 g/mol. The van der Waals surface area contributed by atoms with Crippen molar-refractivity contribution in [1.82, 2.24) is 6.15 Å². The molecule has 0 fully saturated rings. The van der Waals surface area contributed by atoms with E-state index in [0.717, 1.165) is 0 Å². The topological polar surface area (TPSA) is 36.5 Å². The van der Waals surface area contributed by atoms with Gasteiger partial charge in [-0.05, 0) is 25.7 Å². The minimum Gasteiger partial charge on any atom is -1.00 e. The quantitative estimate of drug-likeness (QED) is 0.318. The van der Waals surface area contributed by atoms with Gasteiger partial charge in [0.2, 0.25) is 0 Å². The molecule has 2 nitrogen and oxygen atoms in total. The number of halogens is 2. The van der Waals surface area contributed by atoms with E-state index in [2.05, 4.69) is 27.7 Å². The Kier molecular flexibility index (Phi) is 26.7. The Morgan fingerprint density at radius 2 is 0.750 bits per heavy atom. The largest absolute Gasteiger partial charge is 1.00 e. The molecule has 0 aromatic carbocycles. The Balaban J connectivity index is -0.000000240. The van der Waals surface area contributed by atoms with Gasteiger partial charge in [0.1, 0.15) is 0 Å². The zero-order chi connectivity index (χ0) is 10.2. The summed E-state index contributed by atoms with van der Waals surface area (Å²) in [6, 6.07) is 0. The second-order valence-electron chi connectivity index (χ2n) is 4.24. The summed E-state index contributed by atoms with van der Waals surface area (Å²) in [5.41, 5.74) is 0. The lowest BCUT2D eigenvalue weighted by molar-refractivity contribution is -0.928. The van der Waals surface area contributed by atoms with Crippen LogP contribution in [0.25, 0.3) is 0 Å². The minimum absolute atomic E-state index is 0. The molecule has 0 aliphatic heterocycles. The molecule has 0 aliphatic carbocycles. The molecule has 0 saturated carbocycles. The van der Waals surface area contributed by atoms with Crippen LogP contribution in [0.5, 0.6) is 0 Å². The summed E-state index contributed by atoms with van der Waals surface area (Å²) in [5.74, 6) is 0. The average Bonchev–Trinajstić information content (AvgIpc) is 2.06. The van der Waals surface area contributed by atoms with Crippen LogP contribution in [0.4, 0.5) is 0 Å². The highest BCUT2D eigenvalue weighted by Crippen LogP contribution is 2.12. The van der Waals surface area contributed by atoms with Crippen molar-refractivity contribution in [2.75, 3.05) is 26.2 Å². The maximum absolute atomic E-state index is 2.31. The van der Waals surface area contributed by atoms with Gasteiger partial charge in [0, 0.05) is 0 Å². The predicted molar refractivity (Wildman–Crippen MR) is 66.9 cm³/mol. The van der Waals surface area contributed by atoms with E-state index in [9.17, 15) is 0 Å². The molecule has 0 heterocycles. The van der Waals surface area contributed by atoms with Gasteiger partial charge in [0.05, 0.1) is 26.2 Å². The fraction of sp³-hybridized carbons (Fsp3) is 1.00. The highest BCUT2D eigenvalue weighted by Gasteiger charge is 2.22. The Morgan fingerprint density at radius 3 is 0.875 bits per heavy atom. The van der Waals surface area contributed by atoms with Gasteiger partial charge in [0.15, 0.2) is 0 Å². The summed E-state index contributed by atoms with van der Waals surface area (Å²) >= 11 is 0. The van der Waals surface area contributed by atoms with Crippen molar-refractivity contribution in [3.63, 3.8) is 0 Å². The molecule has 0 saturated heterocycles. The lowest BCUT2D eigenvalue weighted by Crippen LogP contribution is -3.00. The van der Waals surface area contributed by atoms with Crippen molar-refractivity contribution in [2.24, 2.45) is 0 Å². The van der Waals surface area contributed by atoms with Crippen molar-refractivity contribution in [3.05, 3.63) is 0 Å². The molecule has 0 rings (SSSR count). The van der Waals surface area contributed by atoms with Crippen LogP contribution < -0.4 is 54.1 Å². The van der Waals surface area contributed by atoms with Gasteiger partial charge >= 0.3 is 0 Å². The van der Waals surface area contributed by atoms with Gasteiger partial charge in [-0.15, -0.1) is 0 Å². The molecule has 104 valence electrons. The normalized spacial score (nSPS) is 9.75. The Hall–Kier alpha value is 1.38. The summed E-state index contributed by atoms with van der Waals surface area (Å²) in [6.07, 6.45) is 5.33. The van der Waals surface area contributed by atoms with E-state index in [1.807, 2.05) is 0 Å². The van der Waals surface area contributed by atoms with Crippen LogP contribution in [-0.2, 0) is 0 Å². The van der Waals surface area contributed by atoms with Gasteiger partial charge in [-0.1, -0.05) is 27.7 Å². The second-order valence-corrected chi connectivity index (χ2v) is 4.24. The van der Waals surface area contributed by atoms with Crippen LogP contribution in [0.15, 0.2) is 0 Å². The highest BCUT2D eigenvalue weighted by molar-refractivity contribution is 4.43. The van der Waals surface area contributed by atoms with E-state index < -0.39 is 0 Å². The second kappa shape index (κ2) is 16.4. The lowest BCUT2D eigenvalue weighted by atomic mass is 10.2. The maximum Gasteiger partial charge on any atom is 0.0783 e. The van der Waals surface area contributed by atoms with Crippen LogP contribution in [0.2, 0.25) is 0 Å². The first-order chi connectivity index (χ1) is 6.24. The van der Waals surface area contributed by atoms with Crippen molar-refractivity contribution in [2.45, 2.75) is 53.4 Å². The molecule has 0 bridgehead atoms. The molecule has 0 atom stereocenters. The van der Waals surface area contributed by atoms with E-state index in [4.69, 9.17) is 0 Å². The third kappa shape index (κ3) is 10.5. The van der Waals surface area contributed by atoms with E-state index >= 15 is 0 Å². The molecule has 0 unspecified atom stereocenters. The van der Waals surface area contributed by atoms with Crippen molar-refractivity contribution in [3.8, 4) is 0 Å². The molecule has 4 heteroatoms. The molecule has 0 aromatic heterocycles. The van der Waals surface area contributed by atoms with E-state index in [0.29, 0.717) is 0 Å². The van der Waals surface area contributed by atoms with Crippen molar-refractivity contribution in [1.29, 1.82) is 0 Å². The highest BCUT2D eigenvalue weighted by atomic mass is 127. The zero-order valence-electron chi connectivity index (χ0n) is 11.9. The summed E-state index contributed by atoms with van der Waals surface area (Å²) in [5, 5.41) is 0. The predicted octanol–water partition coefficient (Wildman–Crippen LogP) is -2.17. The van der Waals surface area contributed by atoms with Gasteiger partial charge in [0.25, 0.3) is 0 Å². The number of hydrogen-bond donors (Lipinski definition) is 1. The van der Waals surface area contributed by atoms with Gasteiger partial charge < -0.3 is 58.6 Å². The SMILES string of the molecule is CCC[N+](CCC)(CCC)CCC.[I-].[I-].[NH4+]. The minimum atomic E-state index is 0. The van der Waals surface area contributed by atoms with Crippen LogP contribution in [0.3, 0.4) is 0 Å². The Labute approximate surface area is 137 Å². The molecule has 0 aromatic rings. The number of quaternary nitrogens is 2. The van der Waals surface area contributed by atoms with Crippen LogP contribution >= 0.6 is 0 Å². The standard InChI is InChI=1S/C12H28N.2HI.H3N/c1-5-9-13(10-6-2,11-7-3)12-8-4;;;/h5-12H2,1-4H3;2*1H;1H3/q+1;;;/p-1. The number of rotatable bonds is 8. The van der Waals surface area contributed by atoms with Gasteiger partial charge in [-0.3, -0.25) is 0 Å². The lowest BCUT2D eigenvalue weighted by Gasteiger charge is -2.38. The molecular weight excluding hydrogens is 426 g/mol. The van der Waals surface area contributed by atoms with Gasteiger partial charge in [-0.2, -0.15) is 0 Å². The van der Waals surface area contributed by atoms with Gasteiger partial charge in [-0.25, -0.2) is 0 Å². The van der Waals surface area contributed by atoms with E-state index in [1.165, 1.54) is 56.3 Å². The fourth-order valence-electron chi connectivity index (χ4n) is 2.57. The first-order valence-electron chi connectivity index (χ1n) is 6.09. The van der Waals surface area contributed by atoms with E-state index in [1.54, 1.807) is 0 Å². The number of hydrogen-bond acceptors (Lipinski definition) is 0. The molecular formula is C12H32I2N2. The first-order valence-corrected chi connectivity index (χ1v) is 6.09. The smallest absolute Gasteiger partial charge is 0.0783 e. The molecule has 16 heavy (non-hydrogen) atoms. The Bertz CT molecular complexity index is 92.1. The Morgan fingerprint density at radius 1 is 0.562 bits per heavy atom. The first kappa shape index (κ1) is 26.0. The molecule has 0 amide bonds. The van der Waals surface area contributed by atoms with Crippen LogP contribution in [0.1, 0.15) is 53.4 Å². The summed E-state index contributed by atoms with van der Waals surface area (Å²) in [7, 11) is 0. The monoisotopic (exact) mass is 458 g/mol. The summed E-state index contributed by atoms with van der Waals surface area (Å²) < 4.78 is 1.38. The van der Waals surface area contributed by atoms with Crippen molar-refractivity contribution >= 4 is 0 Å². The molecule has 4 N–H and O–H groups in total. The van der Waals surface area contributed by atoms with E-state index in [-0.39, 0.29) is 54.1 Å².